The summed E-state index contributed by atoms with van der Waals surface area (Å²) < 4.78 is 74.6. The van der Waals surface area contributed by atoms with Gasteiger partial charge in [-0.05, 0) is 36.4 Å². The highest BCUT2D eigenvalue weighted by Gasteiger charge is 2.45. The number of nitrogens with one attached hydrogen (secondary N) is 1. The number of hydrogen-bond acceptors (Lipinski definition) is 6. The number of nitrogens with zero attached hydrogens (tertiary/aromatic N) is 3. The third kappa shape index (κ3) is 4.99. The quantitative estimate of drug-likeness (QED) is 0.398. The van der Waals surface area contributed by atoms with Gasteiger partial charge in [-0.2, -0.15) is 13.2 Å². The summed E-state index contributed by atoms with van der Waals surface area (Å²) in [6.07, 6.45) is -6.21. The van der Waals surface area contributed by atoms with E-state index in [2.05, 4.69) is 19.7 Å². The molecular weight excluding hydrogens is 481 g/mol. The summed E-state index contributed by atoms with van der Waals surface area (Å²) in [6.45, 7) is 0. The Bertz CT molecular complexity index is 1400. The fourth-order valence-electron chi connectivity index (χ4n) is 2.91. The number of pyridine rings is 1. The fourth-order valence-corrected chi connectivity index (χ4v) is 4.44. The van der Waals surface area contributed by atoms with Crippen LogP contribution in [-0.4, -0.2) is 29.5 Å². The SMILES string of the molecule is O=S(=O)(Nc1nc2ccccc2nc1OC(c1ccccn1)C(F)(F)F)c1ccccc1Cl. The van der Waals surface area contributed by atoms with Gasteiger partial charge in [0.2, 0.25) is 11.9 Å². The first kappa shape index (κ1) is 22.7. The van der Waals surface area contributed by atoms with Gasteiger partial charge in [-0.1, -0.05) is 41.9 Å². The van der Waals surface area contributed by atoms with Crippen molar-refractivity contribution in [1.82, 2.24) is 15.0 Å². The molecule has 0 aliphatic carbocycles. The maximum atomic E-state index is 13.8. The van der Waals surface area contributed by atoms with Crippen molar-refractivity contribution in [3.8, 4) is 5.88 Å². The molecule has 0 saturated heterocycles. The number of fused-ring (bicyclic) bond motifs is 1. The van der Waals surface area contributed by atoms with Crippen LogP contribution in [0.25, 0.3) is 11.0 Å². The number of benzene rings is 2. The van der Waals surface area contributed by atoms with Crippen LogP contribution >= 0.6 is 11.6 Å². The standard InChI is InChI=1S/C21H14ClF3N4O3S/c22-13-7-1-4-11-17(13)33(30,31)29-19-20(28-15-9-3-2-8-14(15)27-19)32-18(21(23,24)25)16-10-5-6-12-26-16/h1-12,18H,(H,27,29). The molecule has 2 aromatic heterocycles. The van der Waals surface area contributed by atoms with Crippen molar-refractivity contribution in [3.05, 3.63) is 83.6 Å². The molecule has 0 radical (unpaired) electrons. The molecule has 2 heterocycles. The second kappa shape index (κ2) is 8.83. The van der Waals surface area contributed by atoms with Crippen LogP contribution in [-0.2, 0) is 10.0 Å². The maximum absolute atomic E-state index is 13.8. The molecule has 0 aliphatic rings. The number of halogens is 4. The van der Waals surface area contributed by atoms with Crippen molar-refractivity contribution >= 4 is 38.5 Å². The zero-order valence-electron chi connectivity index (χ0n) is 16.5. The molecule has 2 aromatic carbocycles. The van der Waals surface area contributed by atoms with Crippen molar-refractivity contribution < 1.29 is 26.3 Å². The number of anilines is 1. The van der Waals surface area contributed by atoms with Crippen LogP contribution in [0.15, 0.2) is 77.8 Å². The summed E-state index contributed by atoms with van der Waals surface area (Å²) in [5, 5.41) is -0.0807. The molecule has 0 amide bonds. The number of rotatable bonds is 6. The van der Waals surface area contributed by atoms with Gasteiger partial charge >= 0.3 is 6.18 Å². The summed E-state index contributed by atoms with van der Waals surface area (Å²) in [4.78, 5) is 11.6. The molecule has 4 rings (SSSR count). The molecule has 170 valence electrons. The molecule has 0 aliphatic heterocycles. The first-order valence-electron chi connectivity index (χ1n) is 9.33. The Labute approximate surface area is 191 Å². The van der Waals surface area contributed by atoms with Crippen LogP contribution in [0, 0.1) is 0 Å². The Balaban J connectivity index is 1.82. The number of aromatic nitrogens is 3. The van der Waals surface area contributed by atoms with Crippen LogP contribution in [0.4, 0.5) is 19.0 Å². The van der Waals surface area contributed by atoms with E-state index in [1.54, 1.807) is 12.1 Å². The zero-order chi connectivity index (χ0) is 23.6. The van der Waals surface area contributed by atoms with Crippen molar-refractivity contribution in [2.75, 3.05) is 4.72 Å². The third-order valence-corrected chi connectivity index (χ3v) is 6.22. The average molecular weight is 495 g/mol. The van der Waals surface area contributed by atoms with Gasteiger partial charge in [0.15, 0.2) is 0 Å². The minimum Gasteiger partial charge on any atom is -0.455 e. The lowest BCUT2D eigenvalue weighted by molar-refractivity contribution is -0.199. The molecule has 0 spiro atoms. The summed E-state index contributed by atoms with van der Waals surface area (Å²) in [5.74, 6) is -1.20. The van der Waals surface area contributed by atoms with Gasteiger partial charge < -0.3 is 4.74 Å². The van der Waals surface area contributed by atoms with E-state index in [-0.39, 0.29) is 21.0 Å². The number of para-hydroxylation sites is 2. The van der Waals surface area contributed by atoms with E-state index in [1.165, 1.54) is 54.7 Å². The molecule has 4 aromatic rings. The molecule has 1 N–H and O–H groups in total. The van der Waals surface area contributed by atoms with Crippen molar-refractivity contribution in [2.45, 2.75) is 17.2 Å². The van der Waals surface area contributed by atoms with E-state index in [0.29, 0.717) is 0 Å². The lowest BCUT2D eigenvalue weighted by atomic mass is 10.2. The van der Waals surface area contributed by atoms with Crippen LogP contribution < -0.4 is 9.46 Å². The molecule has 12 heteroatoms. The highest BCUT2D eigenvalue weighted by Crippen LogP contribution is 2.38. The highest BCUT2D eigenvalue weighted by molar-refractivity contribution is 7.92. The Morgan fingerprint density at radius 3 is 2.18 bits per heavy atom. The van der Waals surface area contributed by atoms with E-state index in [4.69, 9.17) is 16.3 Å². The van der Waals surface area contributed by atoms with Gasteiger partial charge in [0.05, 0.1) is 21.7 Å². The van der Waals surface area contributed by atoms with Gasteiger partial charge in [-0.25, -0.2) is 18.4 Å². The van der Waals surface area contributed by atoms with Crippen molar-refractivity contribution in [2.24, 2.45) is 0 Å². The topological polar surface area (TPSA) is 94.1 Å². The van der Waals surface area contributed by atoms with Crippen LogP contribution in [0.3, 0.4) is 0 Å². The summed E-state index contributed by atoms with van der Waals surface area (Å²) in [6, 6.07) is 15.8. The van der Waals surface area contributed by atoms with Gasteiger partial charge in [0.25, 0.3) is 15.9 Å². The largest absolute Gasteiger partial charge is 0.455 e. The molecule has 1 atom stereocenters. The first-order chi connectivity index (χ1) is 15.6. The Morgan fingerprint density at radius 1 is 0.909 bits per heavy atom. The van der Waals surface area contributed by atoms with Crippen LogP contribution in [0.5, 0.6) is 5.88 Å². The second-order valence-electron chi connectivity index (χ2n) is 6.70. The van der Waals surface area contributed by atoms with Crippen molar-refractivity contribution in [3.63, 3.8) is 0 Å². The molecule has 0 saturated carbocycles. The average Bonchev–Trinajstić information content (AvgIpc) is 2.77. The predicted octanol–water partition coefficient (Wildman–Crippen LogP) is 5.16. The third-order valence-electron chi connectivity index (χ3n) is 4.38. The Morgan fingerprint density at radius 2 is 1.55 bits per heavy atom. The van der Waals surface area contributed by atoms with E-state index < -0.39 is 39.7 Å². The molecule has 7 nitrogen and oxygen atoms in total. The van der Waals surface area contributed by atoms with E-state index in [9.17, 15) is 21.6 Å². The molecular formula is C21H14ClF3N4O3S. The number of hydrogen-bond donors (Lipinski definition) is 1. The molecule has 0 fully saturated rings. The minimum absolute atomic E-state index is 0.0807. The zero-order valence-corrected chi connectivity index (χ0v) is 18.1. The van der Waals surface area contributed by atoms with Gasteiger partial charge in [0, 0.05) is 6.20 Å². The number of ether oxygens (including phenoxy) is 1. The van der Waals surface area contributed by atoms with Gasteiger partial charge in [0.1, 0.15) is 4.90 Å². The van der Waals surface area contributed by atoms with E-state index >= 15 is 0 Å². The Kier molecular flexibility index (Phi) is 6.09. The second-order valence-corrected chi connectivity index (χ2v) is 8.75. The predicted molar refractivity (Wildman–Crippen MR) is 115 cm³/mol. The molecule has 0 bridgehead atoms. The first-order valence-corrected chi connectivity index (χ1v) is 11.2. The van der Waals surface area contributed by atoms with E-state index in [0.717, 1.165) is 6.07 Å². The fraction of sp³-hybridized carbons (Fsp3) is 0.0952. The molecule has 33 heavy (non-hydrogen) atoms. The summed E-state index contributed by atoms with van der Waals surface area (Å²) in [7, 11) is -4.33. The lowest BCUT2D eigenvalue weighted by Gasteiger charge is -2.22. The van der Waals surface area contributed by atoms with Crippen molar-refractivity contribution in [1.29, 1.82) is 0 Å². The minimum atomic E-state index is -4.87. The van der Waals surface area contributed by atoms with Crippen LogP contribution in [0.1, 0.15) is 11.8 Å². The smallest absolute Gasteiger partial charge is 0.431 e. The monoisotopic (exact) mass is 494 g/mol. The maximum Gasteiger partial charge on any atom is 0.431 e. The summed E-state index contributed by atoms with van der Waals surface area (Å²) >= 11 is 5.99. The molecule has 1 unspecified atom stereocenters. The number of sulfonamides is 1. The Hall–Kier alpha value is -3.44. The van der Waals surface area contributed by atoms with Crippen LogP contribution in [0.2, 0.25) is 5.02 Å². The van der Waals surface area contributed by atoms with E-state index in [1.807, 2.05) is 0 Å². The normalized spacial score (nSPS) is 13.0. The lowest BCUT2D eigenvalue weighted by Crippen LogP contribution is -2.28. The van der Waals surface area contributed by atoms with Gasteiger partial charge in [-0.3, -0.25) is 9.71 Å². The highest BCUT2D eigenvalue weighted by atomic mass is 35.5. The number of alkyl halides is 3. The van der Waals surface area contributed by atoms with Gasteiger partial charge in [-0.15, -0.1) is 0 Å². The summed E-state index contributed by atoms with van der Waals surface area (Å²) in [5.41, 5.74) is 0.0121.